The molecule has 1 aliphatic heterocycles. The highest BCUT2D eigenvalue weighted by atomic mass is 32.2. The maximum atomic E-state index is 13.8. The van der Waals surface area contributed by atoms with Gasteiger partial charge in [0.05, 0.1) is 4.90 Å². The van der Waals surface area contributed by atoms with Gasteiger partial charge in [-0.05, 0) is 117 Å². The summed E-state index contributed by atoms with van der Waals surface area (Å²) < 4.78 is 32.8. The van der Waals surface area contributed by atoms with Gasteiger partial charge in [0.25, 0.3) is 0 Å². The predicted molar refractivity (Wildman–Crippen MR) is 186 cm³/mol. The van der Waals surface area contributed by atoms with Gasteiger partial charge in [0, 0.05) is 36.7 Å². The molecule has 13 heteroatoms. The minimum atomic E-state index is -3.60. The summed E-state index contributed by atoms with van der Waals surface area (Å²) in [6.45, 7) is 3.60. The molecule has 2 amide bonds. The number of H-pyrrole nitrogens is 1. The van der Waals surface area contributed by atoms with Crippen molar-refractivity contribution in [3.63, 3.8) is 0 Å². The minimum Gasteiger partial charge on any atom is -0.344 e. The van der Waals surface area contributed by atoms with E-state index in [1.54, 1.807) is 36.4 Å². The van der Waals surface area contributed by atoms with Gasteiger partial charge in [0.15, 0.2) is 5.82 Å². The van der Waals surface area contributed by atoms with Crippen molar-refractivity contribution in [1.29, 1.82) is 0 Å². The van der Waals surface area contributed by atoms with Crippen molar-refractivity contribution in [1.82, 2.24) is 19.8 Å². The molecule has 49 heavy (non-hydrogen) atoms. The first-order chi connectivity index (χ1) is 23.6. The van der Waals surface area contributed by atoms with Crippen LogP contribution < -0.4 is 22.1 Å². The van der Waals surface area contributed by atoms with E-state index < -0.39 is 21.8 Å². The lowest BCUT2D eigenvalue weighted by atomic mass is 9.81. The quantitative estimate of drug-likeness (QED) is 0.181. The normalized spacial score (nSPS) is 19.0. The van der Waals surface area contributed by atoms with Crippen LogP contribution in [0.4, 0.5) is 5.69 Å². The number of anilines is 1. The monoisotopic (exact) mass is 686 g/mol. The topological polar surface area (TPSA) is 180 Å². The van der Waals surface area contributed by atoms with Crippen LogP contribution in [0, 0.1) is 18.8 Å². The second-order valence-corrected chi connectivity index (χ2v) is 15.0. The average Bonchev–Trinajstić information content (AvgIpc) is 3.82. The number of rotatable bonds is 11. The van der Waals surface area contributed by atoms with Crippen LogP contribution in [0.2, 0.25) is 0 Å². The van der Waals surface area contributed by atoms with E-state index in [4.69, 9.17) is 5.73 Å². The lowest BCUT2D eigenvalue weighted by Crippen LogP contribution is -2.48. The smallest absolute Gasteiger partial charge is 0.344 e. The van der Waals surface area contributed by atoms with Crippen LogP contribution in [-0.2, 0) is 26.0 Å². The lowest BCUT2D eigenvalue weighted by Gasteiger charge is -2.28. The fourth-order valence-corrected chi connectivity index (χ4v) is 8.25. The van der Waals surface area contributed by atoms with Gasteiger partial charge in [-0.25, -0.2) is 13.2 Å². The molecule has 1 saturated heterocycles. The summed E-state index contributed by atoms with van der Waals surface area (Å²) in [4.78, 5) is 41.4. The zero-order chi connectivity index (χ0) is 34.5. The molecular formula is C36H42N6O6S. The highest BCUT2D eigenvalue weighted by molar-refractivity contribution is 7.89. The van der Waals surface area contributed by atoms with Gasteiger partial charge in [0.1, 0.15) is 6.04 Å². The third kappa shape index (κ3) is 8.01. The highest BCUT2D eigenvalue weighted by Gasteiger charge is 2.30. The van der Waals surface area contributed by atoms with E-state index in [9.17, 15) is 22.8 Å². The van der Waals surface area contributed by atoms with Crippen molar-refractivity contribution in [3.05, 3.63) is 88.4 Å². The molecule has 12 nitrogen and oxygen atoms in total. The molecule has 0 unspecified atom stereocenters. The van der Waals surface area contributed by atoms with Gasteiger partial charge >= 0.3 is 5.76 Å². The number of sulfonamides is 1. The molecule has 4 aromatic rings. The fraction of sp³-hybridized carbons (Fsp3) is 0.389. The first-order valence-corrected chi connectivity index (χ1v) is 18.2. The molecule has 1 saturated carbocycles. The first-order valence-electron chi connectivity index (χ1n) is 16.8. The van der Waals surface area contributed by atoms with Crippen molar-refractivity contribution in [3.8, 4) is 22.5 Å². The van der Waals surface area contributed by atoms with Crippen LogP contribution in [-0.4, -0.2) is 60.4 Å². The van der Waals surface area contributed by atoms with E-state index >= 15 is 0 Å². The summed E-state index contributed by atoms with van der Waals surface area (Å²) >= 11 is 0. The van der Waals surface area contributed by atoms with Crippen molar-refractivity contribution < 1.29 is 22.5 Å². The van der Waals surface area contributed by atoms with Crippen LogP contribution in [0.1, 0.15) is 49.7 Å². The zero-order valence-electron chi connectivity index (χ0n) is 27.5. The molecular weight excluding hydrogens is 644 g/mol. The van der Waals surface area contributed by atoms with Gasteiger partial charge in [-0.2, -0.15) is 4.31 Å². The maximum Gasteiger partial charge on any atom is 0.439 e. The Morgan fingerprint density at radius 3 is 2.41 bits per heavy atom. The number of aromatic amines is 1. The van der Waals surface area contributed by atoms with Crippen molar-refractivity contribution in [2.24, 2.45) is 17.6 Å². The Hall–Kier alpha value is -4.59. The Bertz CT molecular complexity index is 1960. The van der Waals surface area contributed by atoms with E-state index in [0.717, 1.165) is 60.8 Å². The second kappa shape index (κ2) is 14.9. The summed E-state index contributed by atoms with van der Waals surface area (Å²) in [5.41, 5.74) is 10.3. The molecule has 0 spiro atoms. The van der Waals surface area contributed by atoms with Gasteiger partial charge in [0.2, 0.25) is 21.8 Å². The van der Waals surface area contributed by atoms with E-state index in [0.29, 0.717) is 36.8 Å². The molecule has 1 atom stereocenters. The van der Waals surface area contributed by atoms with Crippen LogP contribution in [0.15, 0.2) is 80.9 Å². The van der Waals surface area contributed by atoms with Crippen LogP contribution in [0.25, 0.3) is 22.5 Å². The number of carbonyl (C=O) groups excluding carboxylic acids is 2. The number of aryl methyl sites for hydroxylation is 1. The van der Waals surface area contributed by atoms with E-state index in [2.05, 4.69) is 25.3 Å². The molecule has 6 rings (SSSR count). The number of carbonyl (C=O) groups is 2. The molecule has 0 bridgehead atoms. The van der Waals surface area contributed by atoms with Crippen molar-refractivity contribution in [2.75, 3.05) is 25.0 Å². The Morgan fingerprint density at radius 1 is 1.00 bits per heavy atom. The Morgan fingerprint density at radius 2 is 1.73 bits per heavy atom. The molecule has 2 fully saturated rings. The second-order valence-electron chi connectivity index (χ2n) is 13.0. The predicted octanol–water partition coefficient (Wildman–Crippen LogP) is 4.22. The average molecular weight is 687 g/mol. The third-order valence-electron chi connectivity index (χ3n) is 9.64. The number of aromatic nitrogens is 2. The molecule has 0 radical (unpaired) electrons. The molecule has 2 heterocycles. The van der Waals surface area contributed by atoms with Crippen LogP contribution in [0.3, 0.4) is 0 Å². The van der Waals surface area contributed by atoms with Crippen LogP contribution >= 0.6 is 0 Å². The zero-order valence-corrected chi connectivity index (χ0v) is 28.3. The largest absolute Gasteiger partial charge is 0.439 e. The molecule has 1 aromatic heterocycles. The molecule has 2 aliphatic rings. The number of amides is 2. The van der Waals surface area contributed by atoms with E-state index in [-0.39, 0.29) is 34.9 Å². The Balaban J connectivity index is 1.23. The third-order valence-corrected chi connectivity index (χ3v) is 11.5. The summed E-state index contributed by atoms with van der Waals surface area (Å²) in [5.74, 6) is -0.722. The summed E-state index contributed by atoms with van der Waals surface area (Å²) in [6, 6.07) is 18.7. The molecule has 5 N–H and O–H groups in total. The van der Waals surface area contributed by atoms with Gasteiger partial charge < -0.3 is 16.4 Å². The standard InChI is InChI=1S/C36H42N6O6S/c1-23-7-16-30(49(46,47)42-17-2-3-18-42)21-31(23)28-6-4-5-25(19-28)20-32(39-34(43)27-10-8-24(22-37)9-11-27)35(44)38-29-14-12-26(13-15-29)33-40-36(45)48-41-33/h4-7,12-16,19,21,24,27,32H,2-3,8-11,17-18,20,22,37H2,1H3,(H,38,44)(H,39,43)(H,40,41,45)/t24?,27?,32-/m0/s1. The van der Waals surface area contributed by atoms with Gasteiger partial charge in [-0.1, -0.05) is 35.5 Å². The van der Waals surface area contributed by atoms with Crippen LogP contribution in [0.5, 0.6) is 0 Å². The maximum absolute atomic E-state index is 13.8. The Labute approximate surface area is 285 Å². The number of nitrogens with one attached hydrogen (secondary N) is 3. The Kier molecular flexibility index (Phi) is 10.4. The fourth-order valence-electron chi connectivity index (χ4n) is 6.71. The van der Waals surface area contributed by atoms with Gasteiger partial charge in [-0.3, -0.25) is 19.1 Å². The molecule has 258 valence electrons. The number of nitrogens with two attached hydrogens (primary N) is 1. The number of nitrogens with zero attached hydrogens (tertiary/aromatic N) is 2. The highest BCUT2D eigenvalue weighted by Crippen LogP contribution is 2.31. The van der Waals surface area contributed by atoms with Crippen molar-refractivity contribution in [2.45, 2.75) is 62.8 Å². The number of hydrogen-bond acceptors (Lipinski definition) is 8. The van der Waals surface area contributed by atoms with E-state index in [1.165, 1.54) is 4.31 Å². The van der Waals surface area contributed by atoms with Crippen molar-refractivity contribution >= 4 is 27.5 Å². The number of hydrogen-bond donors (Lipinski definition) is 4. The molecule has 3 aromatic carbocycles. The lowest BCUT2D eigenvalue weighted by molar-refractivity contribution is -0.130. The van der Waals surface area contributed by atoms with E-state index in [1.807, 2.05) is 37.3 Å². The minimum absolute atomic E-state index is 0.159. The number of benzene rings is 3. The summed E-state index contributed by atoms with van der Waals surface area (Å²) in [6.07, 6.45) is 5.13. The SMILES string of the molecule is Cc1ccc(S(=O)(=O)N2CCCC2)cc1-c1cccc(C[C@H](NC(=O)C2CCC(CN)CC2)C(=O)Nc2ccc(-c3noc(=O)[nH]3)cc2)c1. The summed E-state index contributed by atoms with van der Waals surface area (Å²) in [5, 5.41) is 9.64. The first kappa shape index (κ1) is 34.3. The van der Waals surface area contributed by atoms with Gasteiger partial charge in [-0.15, -0.1) is 0 Å². The summed E-state index contributed by atoms with van der Waals surface area (Å²) in [7, 11) is -3.60. The molecule has 1 aliphatic carbocycles.